The number of aryl methyl sites for hydroxylation is 1. The summed E-state index contributed by atoms with van der Waals surface area (Å²) in [6.07, 6.45) is 5.69. The van der Waals surface area contributed by atoms with Gasteiger partial charge in [-0.15, -0.1) is 0 Å². The second kappa shape index (κ2) is 9.26. The Hall–Kier alpha value is -1.81. The van der Waals surface area contributed by atoms with E-state index >= 15 is 0 Å². The van der Waals surface area contributed by atoms with Crippen molar-refractivity contribution >= 4 is 16.8 Å². The lowest BCUT2D eigenvalue weighted by molar-refractivity contribution is -0.121. The fourth-order valence-corrected chi connectivity index (χ4v) is 2.40. The minimum atomic E-state index is 0.103. The van der Waals surface area contributed by atoms with Crippen molar-refractivity contribution in [2.75, 3.05) is 19.8 Å². The number of hydrogen-bond acceptors (Lipinski definition) is 2. The maximum absolute atomic E-state index is 11.8. The molecule has 0 aliphatic rings. The number of aromatic nitrogens is 1. The zero-order chi connectivity index (χ0) is 15.6. The molecule has 0 spiro atoms. The Balaban J connectivity index is 1.62. The molecule has 0 radical (unpaired) electrons. The summed E-state index contributed by atoms with van der Waals surface area (Å²) in [6, 6.07) is 10.3. The summed E-state index contributed by atoms with van der Waals surface area (Å²) in [5, 5.41) is 4.17. The molecule has 1 heterocycles. The molecule has 0 saturated heterocycles. The molecule has 2 aromatic rings. The van der Waals surface area contributed by atoms with E-state index < -0.39 is 0 Å². The van der Waals surface area contributed by atoms with E-state index in [1.165, 1.54) is 10.9 Å². The topological polar surface area (TPSA) is 43.3 Å². The third-order valence-corrected chi connectivity index (χ3v) is 3.69. The fourth-order valence-electron chi connectivity index (χ4n) is 2.40. The number of nitrogens with zero attached hydrogens (tertiary/aromatic N) is 1. The highest BCUT2D eigenvalue weighted by molar-refractivity contribution is 5.80. The Labute approximate surface area is 132 Å². The number of unbranched alkanes of at least 4 members (excludes halogenated alkanes) is 1. The van der Waals surface area contributed by atoms with Gasteiger partial charge in [-0.25, -0.2) is 0 Å². The van der Waals surface area contributed by atoms with Crippen molar-refractivity contribution in [3.8, 4) is 0 Å². The van der Waals surface area contributed by atoms with Crippen molar-refractivity contribution < 1.29 is 9.53 Å². The summed E-state index contributed by atoms with van der Waals surface area (Å²) in [7, 11) is 0. The highest BCUT2D eigenvalue weighted by atomic mass is 16.5. The van der Waals surface area contributed by atoms with Gasteiger partial charge in [0.1, 0.15) is 0 Å². The lowest BCUT2D eigenvalue weighted by atomic mass is 10.2. The molecule has 2 rings (SSSR count). The van der Waals surface area contributed by atoms with Crippen LogP contribution in [0.25, 0.3) is 10.9 Å². The number of carbonyl (C=O) groups excluding carboxylic acids is 1. The van der Waals surface area contributed by atoms with Gasteiger partial charge < -0.3 is 14.6 Å². The van der Waals surface area contributed by atoms with E-state index in [9.17, 15) is 4.79 Å². The molecule has 0 unspecified atom stereocenters. The number of fused-ring (bicyclic) bond motifs is 1. The lowest BCUT2D eigenvalue weighted by Gasteiger charge is -2.07. The van der Waals surface area contributed by atoms with Crippen LogP contribution >= 0.6 is 0 Å². The molecule has 0 fully saturated rings. The molecule has 22 heavy (non-hydrogen) atoms. The summed E-state index contributed by atoms with van der Waals surface area (Å²) in [5.41, 5.74) is 1.18. The van der Waals surface area contributed by atoms with Crippen molar-refractivity contribution in [3.63, 3.8) is 0 Å². The molecular formula is C18H26N2O2. The van der Waals surface area contributed by atoms with Gasteiger partial charge in [0.25, 0.3) is 0 Å². The van der Waals surface area contributed by atoms with Crippen LogP contribution < -0.4 is 5.32 Å². The van der Waals surface area contributed by atoms with Crippen LogP contribution in [0.4, 0.5) is 0 Å². The number of nitrogens with one attached hydrogen (secondary N) is 1. The summed E-state index contributed by atoms with van der Waals surface area (Å²) >= 11 is 0. The zero-order valence-electron chi connectivity index (χ0n) is 13.4. The van der Waals surface area contributed by atoms with Crippen molar-refractivity contribution in [1.29, 1.82) is 0 Å². The standard InChI is InChI=1S/C18H26N2O2/c1-2-3-14-22-15-6-11-19-18(21)10-13-20-12-9-16-7-4-5-8-17(16)20/h4-5,7-9,12H,2-3,6,10-11,13-15H2,1H3,(H,19,21). The minimum absolute atomic E-state index is 0.103. The van der Waals surface area contributed by atoms with Gasteiger partial charge in [0, 0.05) is 44.4 Å². The van der Waals surface area contributed by atoms with Gasteiger partial charge in [-0.3, -0.25) is 4.79 Å². The molecule has 0 aliphatic heterocycles. The summed E-state index contributed by atoms with van der Waals surface area (Å²) in [5.74, 6) is 0.103. The largest absolute Gasteiger partial charge is 0.381 e. The fraction of sp³-hybridized carbons (Fsp3) is 0.500. The Morgan fingerprint density at radius 2 is 2.00 bits per heavy atom. The van der Waals surface area contributed by atoms with E-state index in [2.05, 4.69) is 35.0 Å². The number of benzene rings is 1. The first-order valence-electron chi connectivity index (χ1n) is 8.19. The van der Waals surface area contributed by atoms with Crippen LogP contribution in [-0.4, -0.2) is 30.2 Å². The van der Waals surface area contributed by atoms with Crippen molar-refractivity contribution in [2.24, 2.45) is 0 Å². The van der Waals surface area contributed by atoms with E-state index in [0.29, 0.717) is 19.5 Å². The van der Waals surface area contributed by atoms with E-state index in [1.807, 2.05) is 18.3 Å². The maximum Gasteiger partial charge on any atom is 0.221 e. The highest BCUT2D eigenvalue weighted by Gasteiger charge is 2.04. The van der Waals surface area contributed by atoms with E-state index in [-0.39, 0.29) is 5.91 Å². The second-order valence-electron chi connectivity index (χ2n) is 5.49. The van der Waals surface area contributed by atoms with Crippen molar-refractivity contribution in [2.45, 2.75) is 39.2 Å². The Morgan fingerprint density at radius 3 is 2.86 bits per heavy atom. The average molecular weight is 302 g/mol. The van der Waals surface area contributed by atoms with Crippen LogP contribution in [0.5, 0.6) is 0 Å². The van der Waals surface area contributed by atoms with E-state index in [0.717, 1.165) is 32.5 Å². The SMILES string of the molecule is CCCCOCCCNC(=O)CCn1ccc2ccccc21. The monoisotopic (exact) mass is 302 g/mol. The lowest BCUT2D eigenvalue weighted by Crippen LogP contribution is -2.26. The molecule has 0 bridgehead atoms. The van der Waals surface area contributed by atoms with Gasteiger partial charge in [-0.05, 0) is 30.4 Å². The average Bonchev–Trinajstić information content (AvgIpc) is 2.95. The van der Waals surface area contributed by atoms with Gasteiger partial charge in [0.05, 0.1) is 0 Å². The smallest absolute Gasteiger partial charge is 0.221 e. The third-order valence-electron chi connectivity index (χ3n) is 3.69. The van der Waals surface area contributed by atoms with Gasteiger partial charge in [0.15, 0.2) is 0 Å². The first-order chi connectivity index (χ1) is 10.8. The molecule has 0 atom stereocenters. The number of ether oxygens (including phenoxy) is 1. The molecular weight excluding hydrogens is 276 g/mol. The summed E-state index contributed by atoms with van der Waals surface area (Å²) in [6.45, 7) is 5.11. The first kappa shape index (κ1) is 16.6. The molecule has 0 aliphatic carbocycles. The zero-order valence-corrected chi connectivity index (χ0v) is 13.4. The highest BCUT2D eigenvalue weighted by Crippen LogP contribution is 2.15. The Bertz CT molecular complexity index is 577. The molecule has 1 aromatic carbocycles. The Morgan fingerprint density at radius 1 is 1.18 bits per heavy atom. The predicted molar refractivity (Wildman–Crippen MR) is 89.9 cm³/mol. The van der Waals surface area contributed by atoms with Crippen LogP contribution in [0, 0.1) is 0 Å². The van der Waals surface area contributed by atoms with Crippen LogP contribution in [-0.2, 0) is 16.1 Å². The van der Waals surface area contributed by atoms with E-state index in [4.69, 9.17) is 4.74 Å². The first-order valence-corrected chi connectivity index (χ1v) is 8.19. The van der Waals surface area contributed by atoms with Gasteiger partial charge in [-0.1, -0.05) is 31.5 Å². The third kappa shape index (κ3) is 5.19. The molecule has 4 heteroatoms. The molecule has 4 nitrogen and oxygen atoms in total. The van der Waals surface area contributed by atoms with Crippen LogP contribution in [0.1, 0.15) is 32.6 Å². The van der Waals surface area contributed by atoms with Crippen LogP contribution in [0.2, 0.25) is 0 Å². The molecule has 1 N–H and O–H groups in total. The predicted octanol–water partition coefficient (Wildman–Crippen LogP) is 3.35. The number of carbonyl (C=O) groups is 1. The molecule has 120 valence electrons. The quantitative estimate of drug-likeness (QED) is 0.684. The molecule has 0 saturated carbocycles. The molecule has 1 amide bonds. The van der Waals surface area contributed by atoms with Crippen LogP contribution in [0.3, 0.4) is 0 Å². The van der Waals surface area contributed by atoms with Gasteiger partial charge in [-0.2, -0.15) is 0 Å². The van der Waals surface area contributed by atoms with Crippen molar-refractivity contribution in [1.82, 2.24) is 9.88 Å². The second-order valence-corrected chi connectivity index (χ2v) is 5.49. The normalized spacial score (nSPS) is 11.0. The Kier molecular flexibility index (Phi) is 6.97. The number of rotatable bonds is 10. The number of para-hydroxylation sites is 1. The van der Waals surface area contributed by atoms with Crippen molar-refractivity contribution in [3.05, 3.63) is 36.5 Å². The van der Waals surface area contributed by atoms with Gasteiger partial charge in [0.2, 0.25) is 5.91 Å². The van der Waals surface area contributed by atoms with Gasteiger partial charge >= 0.3 is 0 Å². The molecule has 1 aromatic heterocycles. The minimum Gasteiger partial charge on any atom is -0.381 e. The number of amides is 1. The number of hydrogen-bond donors (Lipinski definition) is 1. The van der Waals surface area contributed by atoms with Crippen LogP contribution in [0.15, 0.2) is 36.5 Å². The summed E-state index contributed by atoms with van der Waals surface area (Å²) in [4.78, 5) is 11.8. The van der Waals surface area contributed by atoms with E-state index in [1.54, 1.807) is 0 Å². The summed E-state index contributed by atoms with van der Waals surface area (Å²) < 4.78 is 7.60. The maximum atomic E-state index is 11.8.